The second-order valence-corrected chi connectivity index (χ2v) is 6.82. The van der Waals surface area contributed by atoms with Crippen LogP contribution in [0.25, 0.3) is 0 Å². The van der Waals surface area contributed by atoms with Gasteiger partial charge in [0, 0.05) is 6.42 Å². The predicted octanol–water partition coefficient (Wildman–Crippen LogP) is 3.95. The van der Waals surface area contributed by atoms with Gasteiger partial charge in [0.2, 0.25) is 0 Å². The molecule has 0 bridgehead atoms. The molecule has 1 heterocycles. The van der Waals surface area contributed by atoms with Crippen LogP contribution < -0.4 is 0 Å². The Kier molecular flexibility index (Phi) is 8.92. The molecule has 5 heteroatoms. The first-order valence-corrected chi connectivity index (χ1v) is 9.69. The van der Waals surface area contributed by atoms with Crippen LogP contribution in [0.15, 0.2) is 36.6 Å². The van der Waals surface area contributed by atoms with E-state index >= 15 is 0 Å². The Balaban J connectivity index is 2.11. The molecule has 1 aliphatic carbocycles. The summed E-state index contributed by atoms with van der Waals surface area (Å²) in [5.41, 5.74) is 0.442. The molecule has 1 saturated carbocycles. The van der Waals surface area contributed by atoms with Gasteiger partial charge in [0.1, 0.15) is 17.4 Å². The van der Waals surface area contributed by atoms with Gasteiger partial charge in [-0.1, -0.05) is 31.4 Å². The zero-order valence-corrected chi connectivity index (χ0v) is 15.9. The third kappa shape index (κ3) is 5.99. The molecule has 0 aromatic heterocycles. The highest BCUT2D eigenvalue weighted by Crippen LogP contribution is 2.31. The molecule has 2 rings (SSSR count). The van der Waals surface area contributed by atoms with Crippen molar-refractivity contribution in [3.05, 3.63) is 36.6 Å². The van der Waals surface area contributed by atoms with Gasteiger partial charge < -0.3 is 18.9 Å². The van der Waals surface area contributed by atoms with E-state index in [0.29, 0.717) is 50.1 Å². The Hall–Kier alpha value is -1.59. The molecule has 2 atom stereocenters. The van der Waals surface area contributed by atoms with Crippen molar-refractivity contribution >= 4 is 5.97 Å². The molecule has 0 amide bonds. The van der Waals surface area contributed by atoms with Crippen molar-refractivity contribution < 1.29 is 23.7 Å². The highest BCUT2D eigenvalue weighted by atomic mass is 16.6. The standard InChI is InChI=1S/C21H32O5/c1-4-12-23-15-17-13-19(25-14-16-10-8-7-9-11-16)20(18(5-2)26-17)21(22)24-6-3/h4-5,16-18H,1-2,6-15H2,3H3/t17-,18-/m0/s1. The van der Waals surface area contributed by atoms with Gasteiger partial charge in [0.15, 0.2) is 0 Å². The van der Waals surface area contributed by atoms with Crippen molar-refractivity contribution in [3.8, 4) is 0 Å². The lowest BCUT2D eigenvalue weighted by atomic mass is 9.90. The summed E-state index contributed by atoms with van der Waals surface area (Å²) >= 11 is 0. The van der Waals surface area contributed by atoms with Gasteiger partial charge in [-0.25, -0.2) is 4.79 Å². The fourth-order valence-corrected chi connectivity index (χ4v) is 3.50. The van der Waals surface area contributed by atoms with Gasteiger partial charge in [0.05, 0.1) is 32.5 Å². The maximum Gasteiger partial charge on any atom is 0.340 e. The van der Waals surface area contributed by atoms with E-state index < -0.39 is 6.10 Å². The number of ether oxygens (including phenoxy) is 4. The van der Waals surface area contributed by atoms with Crippen LogP contribution in [-0.2, 0) is 23.7 Å². The molecule has 5 nitrogen and oxygen atoms in total. The first-order chi connectivity index (χ1) is 12.7. The van der Waals surface area contributed by atoms with Gasteiger partial charge in [-0.15, -0.1) is 13.2 Å². The number of carbonyl (C=O) groups excluding carboxylic acids is 1. The number of carbonyl (C=O) groups is 1. The minimum absolute atomic E-state index is 0.183. The molecule has 0 aromatic carbocycles. The SMILES string of the molecule is C=CCOC[C@@H]1CC(OCC2CCCCC2)=C(C(=O)OCC)[C@H](C=C)O1. The Morgan fingerprint density at radius 3 is 2.65 bits per heavy atom. The number of rotatable bonds is 10. The van der Waals surface area contributed by atoms with Crippen LogP contribution >= 0.6 is 0 Å². The van der Waals surface area contributed by atoms with Gasteiger partial charge in [-0.2, -0.15) is 0 Å². The number of hydrogen-bond acceptors (Lipinski definition) is 5. The highest BCUT2D eigenvalue weighted by Gasteiger charge is 2.35. The molecular formula is C21H32O5. The van der Waals surface area contributed by atoms with E-state index in [1.807, 2.05) is 0 Å². The molecule has 0 aromatic rings. The number of esters is 1. The maximum absolute atomic E-state index is 12.5. The maximum atomic E-state index is 12.5. The fourth-order valence-electron chi connectivity index (χ4n) is 3.50. The fraction of sp³-hybridized carbons (Fsp3) is 0.667. The van der Waals surface area contributed by atoms with Crippen LogP contribution in [0.3, 0.4) is 0 Å². The van der Waals surface area contributed by atoms with Crippen molar-refractivity contribution in [2.24, 2.45) is 5.92 Å². The summed E-state index contributed by atoms with van der Waals surface area (Å²) in [4.78, 5) is 12.5. The van der Waals surface area contributed by atoms with Crippen LogP contribution in [0.1, 0.15) is 45.4 Å². The minimum atomic E-state index is -0.540. The van der Waals surface area contributed by atoms with E-state index in [0.717, 1.165) is 0 Å². The van der Waals surface area contributed by atoms with Gasteiger partial charge >= 0.3 is 5.97 Å². The molecular weight excluding hydrogens is 332 g/mol. The van der Waals surface area contributed by atoms with E-state index in [1.54, 1.807) is 19.1 Å². The summed E-state index contributed by atoms with van der Waals surface area (Å²) in [7, 11) is 0. The van der Waals surface area contributed by atoms with E-state index in [-0.39, 0.29) is 12.1 Å². The molecule has 2 aliphatic rings. The zero-order chi connectivity index (χ0) is 18.8. The van der Waals surface area contributed by atoms with E-state index in [4.69, 9.17) is 18.9 Å². The van der Waals surface area contributed by atoms with Gasteiger partial charge in [-0.05, 0) is 25.7 Å². The molecule has 0 saturated heterocycles. The highest BCUT2D eigenvalue weighted by molar-refractivity contribution is 5.90. The second-order valence-electron chi connectivity index (χ2n) is 6.82. The summed E-state index contributed by atoms with van der Waals surface area (Å²) in [5, 5.41) is 0. The van der Waals surface area contributed by atoms with Crippen molar-refractivity contribution in [1.82, 2.24) is 0 Å². The Morgan fingerprint density at radius 2 is 2.00 bits per heavy atom. The molecule has 1 fully saturated rings. The quantitative estimate of drug-likeness (QED) is 0.334. The normalized spacial score (nSPS) is 24.2. The molecule has 146 valence electrons. The Bertz CT molecular complexity index is 505. The van der Waals surface area contributed by atoms with Crippen LogP contribution in [-0.4, -0.2) is 44.6 Å². The lowest BCUT2D eigenvalue weighted by molar-refractivity contribution is -0.142. The third-order valence-corrected chi connectivity index (χ3v) is 4.80. The van der Waals surface area contributed by atoms with Crippen LogP contribution in [0, 0.1) is 5.92 Å². The van der Waals surface area contributed by atoms with Gasteiger partial charge in [-0.3, -0.25) is 0 Å². The van der Waals surface area contributed by atoms with E-state index in [1.165, 1.54) is 32.1 Å². The Labute approximate surface area is 157 Å². The van der Waals surface area contributed by atoms with Crippen molar-refractivity contribution in [1.29, 1.82) is 0 Å². The summed E-state index contributed by atoms with van der Waals surface area (Å²) in [6, 6.07) is 0. The first kappa shape index (κ1) is 20.7. The van der Waals surface area contributed by atoms with Crippen molar-refractivity contribution in [3.63, 3.8) is 0 Å². The first-order valence-electron chi connectivity index (χ1n) is 9.69. The van der Waals surface area contributed by atoms with Crippen LogP contribution in [0.5, 0.6) is 0 Å². The van der Waals surface area contributed by atoms with E-state index in [2.05, 4.69) is 13.2 Å². The lowest BCUT2D eigenvalue weighted by Crippen LogP contribution is -2.36. The summed E-state index contributed by atoms with van der Waals surface area (Å²) < 4.78 is 22.9. The molecule has 1 aliphatic heterocycles. The molecule has 0 N–H and O–H groups in total. The largest absolute Gasteiger partial charge is 0.497 e. The monoisotopic (exact) mass is 364 g/mol. The molecule has 26 heavy (non-hydrogen) atoms. The van der Waals surface area contributed by atoms with Crippen molar-refractivity contribution in [2.75, 3.05) is 26.4 Å². The summed E-state index contributed by atoms with van der Waals surface area (Å²) in [5.74, 6) is 0.832. The molecule has 0 spiro atoms. The minimum Gasteiger partial charge on any atom is -0.497 e. The second kappa shape index (κ2) is 11.2. The Morgan fingerprint density at radius 1 is 1.23 bits per heavy atom. The van der Waals surface area contributed by atoms with E-state index in [9.17, 15) is 4.79 Å². The van der Waals surface area contributed by atoms with Crippen LogP contribution in [0.2, 0.25) is 0 Å². The molecule has 0 radical (unpaired) electrons. The topological polar surface area (TPSA) is 54.0 Å². The summed E-state index contributed by atoms with van der Waals surface area (Å²) in [6.07, 6.45) is 9.31. The average molecular weight is 364 g/mol. The zero-order valence-electron chi connectivity index (χ0n) is 15.9. The number of hydrogen-bond donors (Lipinski definition) is 0. The van der Waals surface area contributed by atoms with Gasteiger partial charge in [0.25, 0.3) is 0 Å². The molecule has 0 unspecified atom stereocenters. The predicted molar refractivity (Wildman–Crippen MR) is 101 cm³/mol. The average Bonchev–Trinajstić information content (AvgIpc) is 2.67. The van der Waals surface area contributed by atoms with Crippen LogP contribution in [0.4, 0.5) is 0 Å². The third-order valence-electron chi connectivity index (χ3n) is 4.80. The lowest BCUT2D eigenvalue weighted by Gasteiger charge is -2.32. The summed E-state index contributed by atoms with van der Waals surface area (Å²) in [6.45, 7) is 11.1. The van der Waals surface area contributed by atoms with Crippen molar-refractivity contribution in [2.45, 2.75) is 57.7 Å². The smallest absolute Gasteiger partial charge is 0.340 e.